The van der Waals surface area contributed by atoms with Crippen LogP contribution in [0.5, 0.6) is 0 Å². The van der Waals surface area contributed by atoms with E-state index in [1.807, 2.05) is 25.5 Å². The van der Waals surface area contributed by atoms with Crippen LogP contribution in [-0.2, 0) is 6.54 Å². The lowest BCUT2D eigenvalue weighted by molar-refractivity contribution is 0.0937. The summed E-state index contributed by atoms with van der Waals surface area (Å²) in [5.41, 5.74) is 5.75. The van der Waals surface area contributed by atoms with Gasteiger partial charge in [0.1, 0.15) is 0 Å². The minimum atomic E-state index is -0.221. The molecule has 0 saturated carbocycles. The van der Waals surface area contributed by atoms with Crippen molar-refractivity contribution < 1.29 is 4.79 Å². The van der Waals surface area contributed by atoms with Gasteiger partial charge in [-0.05, 0) is 25.5 Å². The second kappa shape index (κ2) is 7.30. The highest BCUT2D eigenvalue weighted by molar-refractivity contribution is 7.10. The number of nitrogens with two attached hydrogens (primary N) is 1. The molecule has 21 heavy (non-hydrogen) atoms. The maximum atomic E-state index is 12.1. The van der Waals surface area contributed by atoms with E-state index in [0.717, 1.165) is 0 Å². The second-order valence-electron chi connectivity index (χ2n) is 4.86. The van der Waals surface area contributed by atoms with Gasteiger partial charge < -0.3 is 16.0 Å². The summed E-state index contributed by atoms with van der Waals surface area (Å²) in [6.07, 6.45) is 1.61. The number of amides is 1. The third kappa shape index (κ3) is 4.10. The SMILES string of the molecule is CN(C)C(CNC(=O)c1cn(CCN)nn1)c1cccs1. The number of nitrogens with one attached hydrogen (secondary N) is 1. The van der Waals surface area contributed by atoms with Gasteiger partial charge in [0, 0.05) is 18.0 Å². The smallest absolute Gasteiger partial charge is 0.273 e. The predicted octanol–water partition coefficient (Wildman–Crippen LogP) is 0.331. The standard InChI is InChI=1S/C13H20N6OS/c1-18(2)11(12-4-3-7-21-12)8-15-13(20)10-9-19(6-5-14)17-16-10/h3-4,7,9,11H,5-6,8,14H2,1-2H3,(H,15,20). The average molecular weight is 308 g/mol. The summed E-state index contributed by atoms with van der Waals surface area (Å²) in [5, 5.41) is 12.6. The molecule has 1 amide bonds. The first-order chi connectivity index (χ1) is 10.1. The first-order valence-electron chi connectivity index (χ1n) is 6.70. The molecule has 0 bridgehead atoms. The molecule has 114 valence electrons. The average Bonchev–Trinajstić information content (AvgIpc) is 3.10. The van der Waals surface area contributed by atoms with Crippen molar-refractivity contribution in [2.24, 2.45) is 5.73 Å². The normalized spacial score (nSPS) is 12.6. The lowest BCUT2D eigenvalue weighted by Gasteiger charge is -2.23. The van der Waals surface area contributed by atoms with E-state index in [9.17, 15) is 4.79 Å². The Labute approximate surface area is 127 Å². The molecular formula is C13H20N6OS. The zero-order valence-electron chi connectivity index (χ0n) is 12.2. The summed E-state index contributed by atoms with van der Waals surface area (Å²) < 4.78 is 1.57. The maximum absolute atomic E-state index is 12.1. The van der Waals surface area contributed by atoms with Crippen LogP contribution in [0.15, 0.2) is 23.7 Å². The summed E-state index contributed by atoms with van der Waals surface area (Å²) in [5.74, 6) is -0.221. The zero-order chi connectivity index (χ0) is 15.2. The van der Waals surface area contributed by atoms with Crippen molar-refractivity contribution in [3.8, 4) is 0 Å². The fourth-order valence-corrected chi connectivity index (χ4v) is 2.87. The van der Waals surface area contributed by atoms with Gasteiger partial charge in [0.2, 0.25) is 0 Å². The van der Waals surface area contributed by atoms with Crippen LogP contribution < -0.4 is 11.1 Å². The first kappa shape index (κ1) is 15.6. The van der Waals surface area contributed by atoms with Gasteiger partial charge in [-0.1, -0.05) is 11.3 Å². The fraction of sp³-hybridized carbons (Fsp3) is 0.462. The second-order valence-corrected chi connectivity index (χ2v) is 5.84. The summed E-state index contributed by atoms with van der Waals surface area (Å²) in [4.78, 5) is 15.4. The molecule has 2 rings (SSSR count). The third-order valence-corrected chi connectivity index (χ3v) is 4.05. The van der Waals surface area contributed by atoms with E-state index in [0.29, 0.717) is 25.3 Å². The molecule has 0 aliphatic heterocycles. The number of hydrogen-bond donors (Lipinski definition) is 2. The van der Waals surface area contributed by atoms with Crippen molar-refractivity contribution in [1.29, 1.82) is 0 Å². The van der Waals surface area contributed by atoms with Crippen LogP contribution in [0.1, 0.15) is 21.4 Å². The molecule has 1 unspecified atom stereocenters. The molecular weight excluding hydrogens is 288 g/mol. The Hall–Kier alpha value is -1.77. The molecule has 0 radical (unpaired) electrons. The number of carbonyl (C=O) groups excluding carboxylic acids is 1. The molecule has 0 aliphatic rings. The molecule has 0 aliphatic carbocycles. The largest absolute Gasteiger partial charge is 0.349 e. The summed E-state index contributed by atoms with van der Waals surface area (Å²) in [6.45, 7) is 1.54. The zero-order valence-corrected chi connectivity index (χ0v) is 13.0. The maximum Gasteiger partial charge on any atom is 0.273 e. The Kier molecular flexibility index (Phi) is 5.43. The molecule has 0 saturated heterocycles. The number of rotatable bonds is 7. The Balaban J connectivity index is 1.95. The highest BCUT2D eigenvalue weighted by atomic mass is 32.1. The number of likely N-dealkylation sites (N-methyl/N-ethyl adjacent to an activating group) is 1. The Morgan fingerprint density at radius 3 is 3.00 bits per heavy atom. The minimum absolute atomic E-state index is 0.146. The van der Waals surface area contributed by atoms with Gasteiger partial charge in [-0.2, -0.15) is 0 Å². The van der Waals surface area contributed by atoms with Crippen LogP contribution in [0.4, 0.5) is 0 Å². The number of thiophene rings is 1. The molecule has 0 fully saturated rings. The van der Waals surface area contributed by atoms with E-state index in [2.05, 4.69) is 26.6 Å². The van der Waals surface area contributed by atoms with Crippen molar-refractivity contribution in [3.63, 3.8) is 0 Å². The van der Waals surface area contributed by atoms with Crippen LogP contribution in [0, 0.1) is 0 Å². The molecule has 2 heterocycles. The van der Waals surface area contributed by atoms with Crippen molar-refractivity contribution in [2.45, 2.75) is 12.6 Å². The predicted molar refractivity (Wildman–Crippen MR) is 82.2 cm³/mol. The highest BCUT2D eigenvalue weighted by Crippen LogP contribution is 2.22. The summed E-state index contributed by atoms with van der Waals surface area (Å²) in [7, 11) is 3.99. The Morgan fingerprint density at radius 1 is 1.57 bits per heavy atom. The molecule has 1 atom stereocenters. The van der Waals surface area contributed by atoms with Gasteiger partial charge in [0.25, 0.3) is 5.91 Å². The lowest BCUT2D eigenvalue weighted by Crippen LogP contribution is -2.34. The van der Waals surface area contributed by atoms with E-state index in [1.165, 1.54) is 4.88 Å². The quantitative estimate of drug-likeness (QED) is 0.769. The van der Waals surface area contributed by atoms with Gasteiger partial charge in [-0.15, -0.1) is 16.4 Å². The van der Waals surface area contributed by atoms with Crippen LogP contribution in [0.3, 0.4) is 0 Å². The van der Waals surface area contributed by atoms with E-state index in [1.54, 1.807) is 22.2 Å². The van der Waals surface area contributed by atoms with Crippen molar-refractivity contribution in [3.05, 3.63) is 34.3 Å². The summed E-state index contributed by atoms with van der Waals surface area (Å²) >= 11 is 1.68. The van der Waals surface area contributed by atoms with Gasteiger partial charge in [0.15, 0.2) is 5.69 Å². The molecule has 8 heteroatoms. The monoisotopic (exact) mass is 308 g/mol. The topological polar surface area (TPSA) is 89.1 Å². The van der Waals surface area contributed by atoms with Crippen molar-refractivity contribution in [1.82, 2.24) is 25.2 Å². The van der Waals surface area contributed by atoms with E-state index >= 15 is 0 Å². The van der Waals surface area contributed by atoms with Crippen molar-refractivity contribution >= 4 is 17.2 Å². The molecule has 0 aromatic carbocycles. The number of carbonyl (C=O) groups is 1. The van der Waals surface area contributed by atoms with Crippen molar-refractivity contribution in [2.75, 3.05) is 27.2 Å². The van der Waals surface area contributed by atoms with Gasteiger partial charge >= 0.3 is 0 Å². The lowest BCUT2D eigenvalue weighted by atomic mass is 10.2. The number of nitrogens with zero attached hydrogens (tertiary/aromatic N) is 4. The number of hydrogen-bond acceptors (Lipinski definition) is 6. The highest BCUT2D eigenvalue weighted by Gasteiger charge is 2.18. The Bertz CT molecular complexity index is 565. The van der Waals surface area contributed by atoms with Crippen LogP contribution >= 0.6 is 11.3 Å². The molecule has 7 nitrogen and oxygen atoms in total. The van der Waals surface area contributed by atoms with Crippen LogP contribution in [0.2, 0.25) is 0 Å². The van der Waals surface area contributed by atoms with Crippen LogP contribution in [-0.4, -0.2) is 53.0 Å². The molecule has 2 aromatic rings. The van der Waals surface area contributed by atoms with Crippen LogP contribution in [0.25, 0.3) is 0 Å². The minimum Gasteiger partial charge on any atom is -0.349 e. The molecule has 2 aromatic heterocycles. The number of aromatic nitrogens is 3. The van der Waals surface area contributed by atoms with Gasteiger partial charge in [-0.25, -0.2) is 0 Å². The van der Waals surface area contributed by atoms with E-state index in [4.69, 9.17) is 5.73 Å². The third-order valence-electron chi connectivity index (χ3n) is 3.08. The first-order valence-corrected chi connectivity index (χ1v) is 7.58. The Morgan fingerprint density at radius 2 is 2.38 bits per heavy atom. The van der Waals surface area contributed by atoms with Gasteiger partial charge in [-0.3, -0.25) is 9.48 Å². The van der Waals surface area contributed by atoms with E-state index < -0.39 is 0 Å². The molecule has 0 spiro atoms. The fourth-order valence-electron chi connectivity index (χ4n) is 1.94. The molecule has 3 N–H and O–H groups in total. The summed E-state index contributed by atoms with van der Waals surface area (Å²) in [6, 6.07) is 4.23. The van der Waals surface area contributed by atoms with Gasteiger partial charge in [0.05, 0.1) is 18.8 Å². The van der Waals surface area contributed by atoms with E-state index in [-0.39, 0.29) is 11.9 Å².